The Kier molecular flexibility index (Phi) is 3.90. The number of likely N-dealkylation sites (tertiary alicyclic amines) is 1. The number of rotatable bonds is 2. The molecule has 0 saturated carbocycles. The first-order chi connectivity index (χ1) is 10.5. The molecule has 1 aromatic rings. The number of piperidine rings is 1. The van der Waals surface area contributed by atoms with Crippen LogP contribution >= 0.6 is 15.9 Å². The van der Waals surface area contributed by atoms with Crippen LogP contribution in [0, 0.1) is 0 Å². The van der Waals surface area contributed by atoms with Gasteiger partial charge in [0, 0.05) is 42.4 Å². The molecule has 22 heavy (non-hydrogen) atoms. The van der Waals surface area contributed by atoms with Crippen LogP contribution in [-0.4, -0.2) is 46.3 Å². The quantitative estimate of drug-likeness (QED) is 0.870. The minimum atomic E-state index is -1.04. The summed E-state index contributed by atoms with van der Waals surface area (Å²) in [5.74, 6) is -1.05. The summed E-state index contributed by atoms with van der Waals surface area (Å²) in [6.45, 7) is 1.08. The summed E-state index contributed by atoms with van der Waals surface area (Å²) < 4.78 is 0.930. The number of carbonyl (C=O) groups is 2. The van der Waals surface area contributed by atoms with Gasteiger partial charge in [-0.1, -0.05) is 21.1 Å². The van der Waals surface area contributed by atoms with Crippen LogP contribution in [0.3, 0.4) is 0 Å². The van der Waals surface area contributed by atoms with Crippen molar-refractivity contribution in [2.75, 3.05) is 13.1 Å². The van der Waals surface area contributed by atoms with Crippen LogP contribution in [0.15, 0.2) is 33.9 Å². The third-order valence-electron chi connectivity index (χ3n) is 4.14. The van der Waals surface area contributed by atoms with E-state index in [0.29, 0.717) is 37.9 Å². The number of nitrogens with zero attached hydrogens (tertiary/aromatic N) is 2. The van der Waals surface area contributed by atoms with Crippen LogP contribution in [0.4, 0.5) is 0 Å². The maximum absolute atomic E-state index is 12.4. The fourth-order valence-corrected chi connectivity index (χ4v) is 3.06. The smallest absolute Gasteiger partial charge is 0.353 e. The van der Waals surface area contributed by atoms with Gasteiger partial charge in [-0.2, -0.15) is 0 Å². The molecule has 2 aliphatic rings. The number of oxime groups is 1. The van der Waals surface area contributed by atoms with Crippen LogP contribution in [0.1, 0.15) is 29.6 Å². The Labute approximate surface area is 135 Å². The SMILES string of the molecule is O=C(O)C1=NOC2(CCN(C(=O)c3ccc(Br)cc3)CC2)C1. The molecule has 0 radical (unpaired) electrons. The highest BCUT2D eigenvalue weighted by molar-refractivity contribution is 9.10. The van der Waals surface area contributed by atoms with E-state index in [9.17, 15) is 9.59 Å². The molecule has 1 saturated heterocycles. The predicted octanol–water partition coefficient (Wildman–Crippen LogP) is 2.28. The molecular formula is C15H15BrN2O4. The number of halogens is 1. The standard InChI is InChI=1S/C15H15BrN2O4/c16-11-3-1-10(2-4-11)13(19)18-7-5-15(6-8-18)9-12(14(20)21)17-22-15/h1-4H,5-9H2,(H,20,21). The zero-order valence-corrected chi connectivity index (χ0v) is 13.4. The van der Waals surface area contributed by atoms with Crippen molar-refractivity contribution in [3.05, 3.63) is 34.3 Å². The summed E-state index contributed by atoms with van der Waals surface area (Å²) in [7, 11) is 0. The number of hydrogen-bond acceptors (Lipinski definition) is 4. The Morgan fingerprint density at radius 3 is 2.41 bits per heavy atom. The molecule has 0 bridgehead atoms. The number of carbonyl (C=O) groups excluding carboxylic acids is 1. The maximum atomic E-state index is 12.4. The van der Waals surface area contributed by atoms with Crippen molar-refractivity contribution >= 4 is 33.5 Å². The second-order valence-electron chi connectivity index (χ2n) is 5.59. The van der Waals surface area contributed by atoms with Gasteiger partial charge >= 0.3 is 5.97 Å². The lowest BCUT2D eigenvalue weighted by molar-refractivity contribution is -0.129. The molecule has 1 spiro atoms. The Balaban J connectivity index is 1.62. The fraction of sp³-hybridized carbons (Fsp3) is 0.400. The van der Waals surface area contributed by atoms with Gasteiger partial charge in [0.2, 0.25) is 0 Å². The molecule has 0 aliphatic carbocycles. The van der Waals surface area contributed by atoms with Crippen LogP contribution in [-0.2, 0) is 9.63 Å². The molecule has 2 aliphatic heterocycles. The Morgan fingerprint density at radius 2 is 1.86 bits per heavy atom. The Bertz CT molecular complexity index is 633. The Hall–Kier alpha value is -1.89. The van der Waals surface area contributed by atoms with E-state index in [0.717, 1.165) is 4.47 Å². The van der Waals surface area contributed by atoms with Gasteiger partial charge in [0.15, 0.2) is 5.71 Å². The lowest BCUT2D eigenvalue weighted by Gasteiger charge is -2.37. The minimum Gasteiger partial charge on any atom is -0.477 e. The van der Waals surface area contributed by atoms with Gasteiger partial charge in [-0.3, -0.25) is 4.79 Å². The molecule has 2 heterocycles. The Morgan fingerprint density at radius 1 is 1.23 bits per heavy atom. The van der Waals surface area contributed by atoms with Gasteiger partial charge in [-0.25, -0.2) is 4.79 Å². The highest BCUT2D eigenvalue weighted by Crippen LogP contribution is 2.35. The average molecular weight is 367 g/mol. The van der Waals surface area contributed by atoms with Crippen molar-refractivity contribution in [1.82, 2.24) is 4.90 Å². The van der Waals surface area contributed by atoms with Crippen molar-refractivity contribution in [3.8, 4) is 0 Å². The monoisotopic (exact) mass is 366 g/mol. The van der Waals surface area contributed by atoms with Gasteiger partial charge in [0.25, 0.3) is 5.91 Å². The lowest BCUT2D eigenvalue weighted by atomic mass is 9.86. The van der Waals surface area contributed by atoms with Gasteiger partial charge in [-0.15, -0.1) is 0 Å². The summed E-state index contributed by atoms with van der Waals surface area (Å²) in [5, 5.41) is 12.6. The first kappa shape index (κ1) is 15.0. The summed E-state index contributed by atoms with van der Waals surface area (Å²) in [4.78, 5) is 30.5. The van der Waals surface area contributed by atoms with Gasteiger partial charge in [-0.05, 0) is 24.3 Å². The third-order valence-corrected chi connectivity index (χ3v) is 4.67. The molecular weight excluding hydrogens is 352 g/mol. The number of hydrogen-bond donors (Lipinski definition) is 1. The summed E-state index contributed by atoms with van der Waals surface area (Å²) in [6.07, 6.45) is 1.49. The third kappa shape index (κ3) is 2.85. The van der Waals surface area contributed by atoms with E-state index in [-0.39, 0.29) is 11.6 Å². The molecule has 0 atom stereocenters. The average Bonchev–Trinajstić information content (AvgIpc) is 2.92. The van der Waals surface area contributed by atoms with E-state index in [1.165, 1.54) is 0 Å². The number of aliphatic carboxylic acids is 1. The van der Waals surface area contributed by atoms with Crippen LogP contribution in [0.25, 0.3) is 0 Å². The normalized spacial score (nSPS) is 19.7. The van der Waals surface area contributed by atoms with E-state index in [1.807, 2.05) is 12.1 Å². The molecule has 1 aromatic carbocycles. The molecule has 116 valence electrons. The van der Waals surface area contributed by atoms with E-state index >= 15 is 0 Å². The molecule has 0 unspecified atom stereocenters. The van der Waals surface area contributed by atoms with Crippen molar-refractivity contribution in [2.45, 2.75) is 24.9 Å². The summed E-state index contributed by atoms with van der Waals surface area (Å²) in [5.41, 5.74) is 0.158. The van der Waals surface area contributed by atoms with E-state index in [2.05, 4.69) is 21.1 Å². The van der Waals surface area contributed by atoms with Gasteiger partial charge in [0.05, 0.1) is 0 Å². The first-order valence-electron chi connectivity index (χ1n) is 7.02. The molecule has 1 fully saturated rings. The van der Waals surface area contributed by atoms with Gasteiger partial charge < -0.3 is 14.8 Å². The molecule has 7 heteroatoms. The zero-order chi connectivity index (χ0) is 15.7. The van der Waals surface area contributed by atoms with Gasteiger partial charge in [0.1, 0.15) is 5.60 Å². The topological polar surface area (TPSA) is 79.2 Å². The molecule has 1 amide bonds. The number of benzene rings is 1. The highest BCUT2D eigenvalue weighted by Gasteiger charge is 2.44. The van der Waals surface area contributed by atoms with Crippen LogP contribution in [0.2, 0.25) is 0 Å². The lowest BCUT2D eigenvalue weighted by Crippen LogP contribution is -2.47. The fourth-order valence-electron chi connectivity index (χ4n) is 2.80. The van der Waals surface area contributed by atoms with Crippen molar-refractivity contribution in [1.29, 1.82) is 0 Å². The van der Waals surface area contributed by atoms with Crippen molar-refractivity contribution < 1.29 is 19.5 Å². The maximum Gasteiger partial charge on any atom is 0.353 e. The molecule has 3 rings (SSSR count). The van der Waals surface area contributed by atoms with Crippen molar-refractivity contribution in [3.63, 3.8) is 0 Å². The van der Waals surface area contributed by atoms with E-state index < -0.39 is 11.6 Å². The van der Waals surface area contributed by atoms with E-state index in [4.69, 9.17) is 9.94 Å². The summed E-state index contributed by atoms with van der Waals surface area (Å²) >= 11 is 3.35. The van der Waals surface area contributed by atoms with E-state index in [1.54, 1.807) is 17.0 Å². The summed E-state index contributed by atoms with van der Waals surface area (Å²) in [6, 6.07) is 7.25. The number of amides is 1. The number of carboxylic acids is 1. The largest absolute Gasteiger partial charge is 0.477 e. The zero-order valence-electron chi connectivity index (χ0n) is 11.8. The second kappa shape index (κ2) is 5.72. The van der Waals surface area contributed by atoms with Crippen LogP contribution < -0.4 is 0 Å². The molecule has 0 aromatic heterocycles. The van der Waals surface area contributed by atoms with Crippen LogP contribution in [0.5, 0.6) is 0 Å². The molecule has 6 nitrogen and oxygen atoms in total. The number of carboxylic acid groups (broad SMARTS) is 1. The predicted molar refractivity (Wildman–Crippen MR) is 82.8 cm³/mol. The molecule has 1 N–H and O–H groups in total. The first-order valence-corrected chi connectivity index (χ1v) is 7.82. The minimum absolute atomic E-state index is 0.0141. The second-order valence-corrected chi connectivity index (χ2v) is 6.51. The van der Waals surface area contributed by atoms with Crippen molar-refractivity contribution in [2.24, 2.45) is 5.16 Å². The highest BCUT2D eigenvalue weighted by atomic mass is 79.9.